The Morgan fingerprint density at radius 1 is 1.20 bits per heavy atom. The second-order valence-corrected chi connectivity index (χ2v) is 7.53. The van der Waals surface area contributed by atoms with E-state index in [2.05, 4.69) is 10.0 Å². The molecule has 0 spiro atoms. The van der Waals surface area contributed by atoms with Crippen molar-refractivity contribution in [3.63, 3.8) is 0 Å². The molecule has 0 aliphatic heterocycles. The molecule has 20 heavy (non-hydrogen) atoms. The fraction of sp³-hybridized carbons (Fsp3) is 0.500. The Balaban J connectivity index is 1.75. The normalized spacial score (nSPS) is 20.2. The van der Waals surface area contributed by atoms with E-state index in [1.807, 2.05) is 12.1 Å². The average molecular weight is 294 g/mol. The number of sulfonamides is 1. The third-order valence-corrected chi connectivity index (χ3v) is 4.44. The van der Waals surface area contributed by atoms with E-state index in [9.17, 15) is 13.2 Å². The number of benzene rings is 1. The fourth-order valence-electron chi connectivity index (χ4n) is 2.39. The van der Waals surface area contributed by atoms with Gasteiger partial charge in [0.1, 0.15) is 0 Å². The highest BCUT2D eigenvalue weighted by Crippen LogP contribution is 2.49. The van der Waals surface area contributed by atoms with Crippen LogP contribution in [0.3, 0.4) is 0 Å². The summed E-state index contributed by atoms with van der Waals surface area (Å²) < 4.78 is 24.7. The molecule has 0 radical (unpaired) electrons. The van der Waals surface area contributed by atoms with Crippen LogP contribution in [0.2, 0.25) is 0 Å². The minimum atomic E-state index is -3.26. The zero-order chi connectivity index (χ0) is 14.4. The first-order valence-corrected chi connectivity index (χ1v) is 8.67. The van der Waals surface area contributed by atoms with Gasteiger partial charge in [0.05, 0.1) is 11.7 Å². The van der Waals surface area contributed by atoms with Gasteiger partial charge in [-0.2, -0.15) is 0 Å². The molecule has 2 fully saturated rings. The van der Waals surface area contributed by atoms with Gasteiger partial charge in [-0.3, -0.25) is 9.52 Å². The summed E-state index contributed by atoms with van der Waals surface area (Å²) in [5.74, 6) is 0.115. The minimum Gasteiger partial charge on any atom is -0.353 e. The van der Waals surface area contributed by atoms with Crippen LogP contribution in [0, 0.1) is 0 Å². The Bertz CT molecular complexity index is 629. The number of rotatable bonds is 5. The molecule has 108 valence electrons. The van der Waals surface area contributed by atoms with Crippen LogP contribution in [0.25, 0.3) is 0 Å². The van der Waals surface area contributed by atoms with Crippen molar-refractivity contribution in [3.8, 4) is 0 Å². The maximum absolute atomic E-state index is 12.3. The van der Waals surface area contributed by atoms with Gasteiger partial charge in [-0.25, -0.2) is 8.42 Å². The number of hydrogen-bond acceptors (Lipinski definition) is 3. The first kappa shape index (κ1) is 13.4. The Hall–Kier alpha value is -1.56. The van der Waals surface area contributed by atoms with Crippen LogP contribution in [-0.4, -0.2) is 26.6 Å². The van der Waals surface area contributed by atoms with Gasteiger partial charge in [0.15, 0.2) is 0 Å². The van der Waals surface area contributed by atoms with E-state index >= 15 is 0 Å². The van der Waals surface area contributed by atoms with Crippen LogP contribution < -0.4 is 10.0 Å². The summed E-state index contributed by atoms with van der Waals surface area (Å²) in [6.07, 6.45) is 5.01. The van der Waals surface area contributed by atoms with Crippen LogP contribution >= 0.6 is 0 Å². The van der Waals surface area contributed by atoms with Crippen LogP contribution in [0.4, 0.5) is 5.69 Å². The summed E-state index contributed by atoms with van der Waals surface area (Å²) in [7, 11) is -3.26. The molecule has 3 rings (SSSR count). The van der Waals surface area contributed by atoms with Crippen LogP contribution in [0.5, 0.6) is 0 Å². The molecule has 2 aliphatic rings. The topological polar surface area (TPSA) is 75.3 Å². The largest absolute Gasteiger partial charge is 0.353 e. The molecular formula is C14H18N2O3S. The second kappa shape index (κ2) is 4.48. The Morgan fingerprint density at radius 2 is 1.80 bits per heavy atom. The van der Waals surface area contributed by atoms with E-state index in [1.165, 1.54) is 0 Å². The average Bonchev–Trinajstić information content (AvgIpc) is 3.22. The van der Waals surface area contributed by atoms with Crippen molar-refractivity contribution >= 4 is 21.6 Å². The zero-order valence-corrected chi connectivity index (χ0v) is 12.2. The standard InChI is InChI=1S/C14H18N2O3S/c1-20(18,19)16-12-4-2-10(3-5-12)14(8-9-14)13(17)15-11-6-7-11/h2-5,11,16H,6-9H2,1H3,(H,15,17). The van der Waals surface area contributed by atoms with Gasteiger partial charge in [0.2, 0.25) is 15.9 Å². The van der Waals surface area contributed by atoms with Crippen molar-refractivity contribution in [1.29, 1.82) is 0 Å². The van der Waals surface area contributed by atoms with Crippen molar-refractivity contribution in [3.05, 3.63) is 29.8 Å². The molecule has 0 aromatic heterocycles. The van der Waals surface area contributed by atoms with Crippen molar-refractivity contribution in [2.75, 3.05) is 11.0 Å². The second-order valence-electron chi connectivity index (χ2n) is 5.78. The summed E-state index contributed by atoms with van der Waals surface area (Å²) in [4.78, 5) is 12.3. The lowest BCUT2D eigenvalue weighted by molar-refractivity contribution is -0.123. The monoisotopic (exact) mass is 294 g/mol. The van der Waals surface area contributed by atoms with Gasteiger partial charge >= 0.3 is 0 Å². The number of amides is 1. The SMILES string of the molecule is CS(=O)(=O)Nc1ccc(C2(C(=O)NC3CC3)CC2)cc1. The molecule has 1 aromatic carbocycles. The molecule has 0 heterocycles. The van der Waals surface area contributed by atoms with Crippen molar-refractivity contribution in [2.45, 2.75) is 37.1 Å². The van der Waals surface area contributed by atoms with Gasteiger partial charge in [-0.1, -0.05) is 12.1 Å². The molecular weight excluding hydrogens is 276 g/mol. The summed E-state index contributed by atoms with van der Waals surface area (Å²) in [6.45, 7) is 0. The van der Waals surface area contributed by atoms with E-state index in [0.717, 1.165) is 37.5 Å². The molecule has 0 unspecified atom stereocenters. The maximum atomic E-state index is 12.3. The third kappa shape index (κ3) is 2.80. The summed E-state index contributed by atoms with van der Waals surface area (Å²) >= 11 is 0. The molecule has 0 bridgehead atoms. The molecule has 2 aliphatic carbocycles. The van der Waals surface area contributed by atoms with Crippen LogP contribution in [0.15, 0.2) is 24.3 Å². The first-order chi connectivity index (χ1) is 9.39. The summed E-state index contributed by atoms with van der Waals surface area (Å²) in [5.41, 5.74) is 1.11. The quantitative estimate of drug-likeness (QED) is 0.861. The van der Waals surface area contributed by atoms with Crippen LogP contribution in [-0.2, 0) is 20.2 Å². The highest BCUT2D eigenvalue weighted by Gasteiger charge is 2.52. The molecule has 0 saturated heterocycles. The number of anilines is 1. The molecule has 6 heteroatoms. The predicted octanol–water partition coefficient (Wildman–Crippen LogP) is 1.37. The molecule has 1 aromatic rings. The predicted molar refractivity (Wildman–Crippen MR) is 77.0 cm³/mol. The van der Waals surface area contributed by atoms with E-state index in [0.29, 0.717) is 11.7 Å². The minimum absolute atomic E-state index is 0.115. The van der Waals surface area contributed by atoms with E-state index < -0.39 is 10.0 Å². The summed E-state index contributed by atoms with van der Waals surface area (Å²) in [6, 6.07) is 7.47. The zero-order valence-electron chi connectivity index (χ0n) is 11.3. The Morgan fingerprint density at radius 3 is 2.25 bits per heavy atom. The summed E-state index contributed by atoms with van der Waals surface area (Å²) in [5, 5.41) is 3.06. The maximum Gasteiger partial charge on any atom is 0.230 e. The number of carbonyl (C=O) groups excluding carboxylic acids is 1. The molecule has 1 amide bonds. The molecule has 5 nitrogen and oxygen atoms in total. The fourth-order valence-corrected chi connectivity index (χ4v) is 2.96. The number of carbonyl (C=O) groups is 1. The van der Waals surface area contributed by atoms with Crippen molar-refractivity contribution in [2.24, 2.45) is 0 Å². The lowest BCUT2D eigenvalue weighted by Crippen LogP contribution is -2.36. The Kier molecular flexibility index (Phi) is 3.01. The van der Waals surface area contributed by atoms with Gasteiger partial charge in [0.25, 0.3) is 0 Å². The Labute approximate surface area is 118 Å². The third-order valence-electron chi connectivity index (χ3n) is 3.84. The molecule has 0 atom stereocenters. The first-order valence-electron chi connectivity index (χ1n) is 6.78. The van der Waals surface area contributed by atoms with E-state index in [4.69, 9.17) is 0 Å². The van der Waals surface area contributed by atoms with Crippen LogP contribution in [0.1, 0.15) is 31.2 Å². The molecule has 2 N–H and O–H groups in total. The highest BCUT2D eigenvalue weighted by molar-refractivity contribution is 7.92. The van der Waals surface area contributed by atoms with Crippen molar-refractivity contribution in [1.82, 2.24) is 5.32 Å². The van der Waals surface area contributed by atoms with Crippen molar-refractivity contribution < 1.29 is 13.2 Å². The van der Waals surface area contributed by atoms with Gasteiger partial charge in [-0.05, 0) is 43.4 Å². The smallest absolute Gasteiger partial charge is 0.230 e. The lowest BCUT2D eigenvalue weighted by Gasteiger charge is -2.16. The number of hydrogen-bond donors (Lipinski definition) is 2. The van der Waals surface area contributed by atoms with Gasteiger partial charge < -0.3 is 5.32 Å². The highest BCUT2D eigenvalue weighted by atomic mass is 32.2. The van der Waals surface area contributed by atoms with E-state index in [-0.39, 0.29) is 11.3 Å². The van der Waals surface area contributed by atoms with Gasteiger partial charge in [-0.15, -0.1) is 0 Å². The lowest BCUT2D eigenvalue weighted by atomic mass is 9.95. The van der Waals surface area contributed by atoms with Gasteiger partial charge in [0, 0.05) is 11.7 Å². The van der Waals surface area contributed by atoms with E-state index in [1.54, 1.807) is 12.1 Å². The number of nitrogens with one attached hydrogen (secondary N) is 2. The molecule has 2 saturated carbocycles.